The molecule has 3 aromatic heterocycles. The lowest BCUT2D eigenvalue weighted by molar-refractivity contribution is -0.240. The fourth-order valence-corrected chi connectivity index (χ4v) is 4.37. The van der Waals surface area contributed by atoms with Gasteiger partial charge >= 0.3 is 5.97 Å². The average molecular weight is 563 g/mol. The van der Waals surface area contributed by atoms with E-state index < -0.39 is 29.2 Å². The van der Waals surface area contributed by atoms with Crippen molar-refractivity contribution in [3.63, 3.8) is 0 Å². The normalized spacial score (nSPS) is 21.3. The number of furan rings is 1. The number of nitrogens with zero attached hydrogens (tertiary/aromatic N) is 3. The Bertz CT molecular complexity index is 1560. The van der Waals surface area contributed by atoms with Crippen LogP contribution in [0.4, 0.5) is 10.3 Å². The Balaban J connectivity index is 1.24. The van der Waals surface area contributed by atoms with Crippen LogP contribution in [0.1, 0.15) is 37.6 Å². The molecule has 1 saturated carbocycles. The lowest BCUT2D eigenvalue weighted by Gasteiger charge is -2.35. The van der Waals surface area contributed by atoms with Crippen LogP contribution in [0.5, 0.6) is 0 Å². The van der Waals surface area contributed by atoms with Gasteiger partial charge in [-0.2, -0.15) is 0 Å². The molecule has 4 N–H and O–H groups in total. The lowest BCUT2D eigenvalue weighted by Crippen LogP contribution is -2.47. The fraction of sp³-hybridized carbons (Fsp3) is 0.321. The number of H-pyrrole nitrogens is 1. The highest BCUT2D eigenvalue weighted by atomic mass is 19.1. The number of hydrogen-bond donors (Lipinski definition) is 3. The van der Waals surface area contributed by atoms with Crippen LogP contribution in [0.15, 0.2) is 59.3 Å². The molecule has 12 nitrogen and oxygen atoms in total. The summed E-state index contributed by atoms with van der Waals surface area (Å²) in [7, 11) is 0. The molecular weight excluding hydrogens is 535 g/mol. The number of imidazole rings is 1. The van der Waals surface area contributed by atoms with Crippen molar-refractivity contribution in [3.05, 3.63) is 72.3 Å². The number of halogens is 1. The Morgan fingerprint density at radius 2 is 1.90 bits per heavy atom. The Labute approximate surface area is 233 Å². The van der Waals surface area contributed by atoms with E-state index in [2.05, 4.69) is 20.3 Å². The first-order valence-electron chi connectivity index (χ1n) is 13.0. The van der Waals surface area contributed by atoms with E-state index in [0.29, 0.717) is 53.8 Å². The number of hydrogen-bond acceptors (Lipinski definition) is 10. The van der Waals surface area contributed by atoms with Crippen LogP contribution in [-0.4, -0.2) is 50.6 Å². The zero-order chi connectivity index (χ0) is 28.6. The quantitative estimate of drug-likeness (QED) is 0.257. The molecule has 2 fully saturated rings. The second-order valence-corrected chi connectivity index (χ2v) is 10.3. The maximum absolute atomic E-state index is 13.7. The third-order valence-corrected chi connectivity index (χ3v) is 7.02. The fourth-order valence-electron chi connectivity index (χ4n) is 4.37. The number of carbonyl (C=O) groups excluding carboxylic acids is 2. The first kappa shape index (κ1) is 26.6. The molecule has 0 spiro atoms. The van der Waals surface area contributed by atoms with Crippen LogP contribution in [0.25, 0.3) is 22.6 Å². The number of aromatic amines is 1. The van der Waals surface area contributed by atoms with Crippen molar-refractivity contribution >= 4 is 17.8 Å². The zero-order valence-electron chi connectivity index (χ0n) is 22.1. The molecule has 13 heteroatoms. The summed E-state index contributed by atoms with van der Waals surface area (Å²) >= 11 is 0. The van der Waals surface area contributed by atoms with Crippen molar-refractivity contribution in [2.45, 2.75) is 38.2 Å². The smallest absolute Gasteiger partial charge is 0.317 e. The predicted molar refractivity (Wildman–Crippen MR) is 141 cm³/mol. The number of nitrogens with two attached hydrogens (primary N) is 1. The van der Waals surface area contributed by atoms with E-state index in [9.17, 15) is 14.0 Å². The van der Waals surface area contributed by atoms with Crippen molar-refractivity contribution in [1.29, 1.82) is 0 Å². The van der Waals surface area contributed by atoms with Crippen LogP contribution in [0, 0.1) is 11.2 Å². The Morgan fingerprint density at radius 1 is 1.15 bits per heavy atom. The largest absolute Gasteiger partial charge is 0.467 e. The van der Waals surface area contributed by atoms with Gasteiger partial charge in [-0.05, 0) is 49.4 Å². The summed E-state index contributed by atoms with van der Waals surface area (Å²) in [6.07, 6.45) is 3.05. The molecule has 1 aliphatic heterocycles. The molecule has 4 aromatic rings. The van der Waals surface area contributed by atoms with Gasteiger partial charge in [0.05, 0.1) is 43.1 Å². The number of benzene rings is 1. The molecule has 6 rings (SSSR count). The SMILES string of the molecule is CC1(C(=O)OC2(C(N)=O)CC2)COC(c2nc(-c3ccc(F)cc3)c(-c3ccnc(NCc4ccco4)n3)[nH]2)OC1. The van der Waals surface area contributed by atoms with Gasteiger partial charge < -0.3 is 34.7 Å². The molecule has 1 amide bonds. The summed E-state index contributed by atoms with van der Waals surface area (Å²) < 4.78 is 36.3. The second-order valence-electron chi connectivity index (χ2n) is 10.3. The zero-order valence-corrected chi connectivity index (χ0v) is 22.1. The second kappa shape index (κ2) is 10.4. The number of nitrogens with one attached hydrogen (secondary N) is 2. The van der Waals surface area contributed by atoms with Crippen molar-refractivity contribution in [2.75, 3.05) is 18.5 Å². The highest BCUT2D eigenvalue weighted by Gasteiger charge is 2.55. The number of carbonyl (C=O) groups is 2. The number of amides is 1. The molecule has 2 aliphatic rings. The van der Waals surface area contributed by atoms with Gasteiger partial charge in [0.2, 0.25) is 12.2 Å². The molecule has 1 aromatic carbocycles. The van der Waals surface area contributed by atoms with Crippen molar-refractivity contribution < 1.29 is 32.6 Å². The summed E-state index contributed by atoms with van der Waals surface area (Å²) in [5, 5.41) is 3.12. The minimum absolute atomic E-state index is 0.0401. The van der Waals surface area contributed by atoms with E-state index in [1.54, 1.807) is 43.6 Å². The molecule has 0 atom stereocenters. The average Bonchev–Trinajstić information content (AvgIpc) is 3.36. The lowest BCUT2D eigenvalue weighted by atomic mass is 9.92. The van der Waals surface area contributed by atoms with Crippen LogP contribution in [0.3, 0.4) is 0 Å². The number of primary amides is 1. The minimum atomic E-state index is -1.24. The molecule has 212 valence electrons. The highest BCUT2D eigenvalue weighted by molar-refractivity contribution is 5.90. The third kappa shape index (κ3) is 5.41. The third-order valence-electron chi connectivity index (χ3n) is 7.02. The van der Waals surface area contributed by atoms with Crippen LogP contribution >= 0.6 is 0 Å². The Hall–Kier alpha value is -4.62. The minimum Gasteiger partial charge on any atom is -0.467 e. The van der Waals surface area contributed by atoms with Crippen molar-refractivity contribution in [1.82, 2.24) is 19.9 Å². The maximum atomic E-state index is 13.7. The van der Waals surface area contributed by atoms with Gasteiger partial charge in [0.25, 0.3) is 5.91 Å². The van der Waals surface area contributed by atoms with E-state index >= 15 is 0 Å². The van der Waals surface area contributed by atoms with Gasteiger partial charge in [0.1, 0.15) is 17.0 Å². The van der Waals surface area contributed by atoms with Crippen LogP contribution in [-0.2, 0) is 30.3 Å². The van der Waals surface area contributed by atoms with Gasteiger partial charge in [0.15, 0.2) is 11.4 Å². The van der Waals surface area contributed by atoms with E-state index in [-0.39, 0.29) is 19.0 Å². The molecule has 4 heterocycles. The molecule has 0 bridgehead atoms. The highest BCUT2D eigenvalue weighted by Crippen LogP contribution is 2.42. The first-order valence-corrected chi connectivity index (χ1v) is 13.0. The van der Waals surface area contributed by atoms with Gasteiger partial charge in [-0.15, -0.1) is 0 Å². The van der Waals surface area contributed by atoms with Gasteiger partial charge in [-0.3, -0.25) is 9.59 Å². The van der Waals surface area contributed by atoms with Crippen LogP contribution < -0.4 is 11.1 Å². The summed E-state index contributed by atoms with van der Waals surface area (Å²) in [5.41, 5.74) is 5.20. The van der Waals surface area contributed by atoms with E-state index in [1.807, 2.05) is 6.07 Å². The van der Waals surface area contributed by atoms with Crippen molar-refractivity contribution in [2.24, 2.45) is 11.1 Å². The Morgan fingerprint density at radius 3 is 2.56 bits per heavy atom. The topological polar surface area (TPSA) is 167 Å². The summed E-state index contributed by atoms with van der Waals surface area (Å²) in [6, 6.07) is 11.2. The predicted octanol–water partition coefficient (Wildman–Crippen LogP) is 3.49. The number of aromatic nitrogens is 4. The summed E-state index contributed by atoms with van der Waals surface area (Å²) in [6.45, 7) is 1.95. The number of anilines is 1. The van der Waals surface area contributed by atoms with Crippen LogP contribution in [0.2, 0.25) is 0 Å². The number of rotatable bonds is 9. The summed E-state index contributed by atoms with van der Waals surface area (Å²) in [5.74, 6) is -0.246. The van der Waals surface area contributed by atoms with Gasteiger partial charge in [-0.1, -0.05) is 0 Å². The molecule has 1 aliphatic carbocycles. The molecule has 0 radical (unpaired) electrons. The first-order chi connectivity index (χ1) is 19.7. The maximum Gasteiger partial charge on any atom is 0.317 e. The molecule has 0 unspecified atom stereocenters. The van der Waals surface area contributed by atoms with E-state index in [0.717, 1.165) is 5.76 Å². The van der Waals surface area contributed by atoms with Crippen molar-refractivity contribution in [3.8, 4) is 22.6 Å². The standard InChI is InChI=1S/C28H27FN6O6/c1-27(25(37)41-28(9-10-28)24(30)36)14-39-23(40-15-27)22-34-20(16-4-6-17(29)7-5-16)21(35-22)19-8-11-31-26(33-19)32-13-18-3-2-12-38-18/h2-8,11-12,23H,9-10,13-15H2,1H3,(H2,30,36)(H,34,35)(H,31,32,33). The molecule has 41 heavy (non-hydrogen) atoms. The molecule has 1 saturated heterocycles. The van der Waals surface area contributed by atoms with E-state index in [1.165, 1.54) is 12.1 Å². The Kier molecular flexibility index (Phi) is 6.75. The van der Waals surface area contributed by atoms with Gasteiger partial charge in [-0.25, -0.2) is 19.3 Å². The number of ether oxygens (including phenoxy) is 3. The van der Waals surface area contributed by atoms with Gasteiger partial charge in [0, 0.05) is 24.6 Å². The summed E-state index contributed by atoms with van der Waals surface area (Å²) in [4.78, 5) is 41.4. The molecular formula is C28H27FN6O6. The monoisotopic (exact) mass is 562 g/mol. The number of esters is 1. The van der Waals surface area contributed by atoms with E-state index in [4.69, 9.17) is 29.3 Å².